The highest BCUT2D eigenvalue weighted by Gasteiger charge is 2.04. The molecule has 1 aromatic rings. The van der Waals surface area contributed by atoms with Crippen molar-refractivity contribution >= 4 is 12.2 Å². The molecule has 1 N–H and O–H groups in total. The molecule has 0 unspecified atom stereocenters. The maximum atomic E-state index is 11.9. The highest BCUT2D eigenvalue weighted by Crippen LogP contribution is 2.09. The lowest BCUT2D eigenvalue weighted by atomic mass is 10.1. The molecule has 1 amide bonds. The van der Waals surface area contributed by atoms with Gasteiger partial charge in [0.15, 0.2) is 0 Å². The summed E-state index contributed by atoms with van der Waals surface area (Å²) in [7, 11) is 0. The molecule has 1 aromatic carbocycles. The smallest absolute Gasteiger partial charge is 0.251 e. The van der Waals surface area contributed by atoms with Crippen molar-refractivity contribution in [2.75, 3.05) is 6.54 Å². The van der Waals surface area contributed by atoms with Crippen LogP contribution < -0.4 is 5.32 Å². The monoisotopic (exact) mass is 303 g/mol. The van der Waals surface area contributed by atoms with Gasteiger partial charge in [0.1, 0.15) is 6.29 Å². The summed E-state index contributed by atoms with van der Waals surface area (Å²) in [4.78, 5) is 22.4. The van der Waals surface area contributed by atoms with Crippen LogP contribution in [0.1, 0.15) is 85.4 Å². The minimum atomic E-state index is -0.0583. The summed E-state index contributed by atoms with van der Waals surface area (Å²) in [6.07, 6.45) is 12.3. The Kier molecular flexibility index (Phi) is 10.0. The SMILES string of the molecule is CCCCCCCCCCCNC(=O)c1ccc(C=O)cc1. The molecule has 0 bridgehead atoms. The predicted molar refractivity (Wildman–Crippen MR) is 91.4 cm³/mol. The van der Waals surface area contributed by atoms with Gasteiger partial charge in [0.2, 0.25) is 0 Å². The third-order valence-corrected chi connectivity index (χ3v) is 3.87. The van der Waals surface area contributed by atoms with Gasteiger partial charge >= 0.3 is 0 Å². The molecule has 0 aromatic heterocycles. The van der Waals surface area contributed by atoms with Crippen LogP contribution in [-0.2, 0) is 0 Å². The molecule has 0 atom stereocenters. The molecule has 22 heavy (non-hydrogen) atoms. The minimum Gasteiger partial charge on any atom is -0.352 e. The second-order valence-electron chi connectivity index (χ2n) is 5.82. The minimum absolute atomic E-state index is 0.0583. The zero-order chi connectivity index (χ0) is 16.0. The Balaban J connectivity index is 2.01. The lowest BCUT2D eigenvalue weighted by Gasteiger charge is -2.05. The lowest BCUT2D eigenvalue weighted by molar-refractivity contribution is 0.0952. The first kappa shape index (κ1) is 18.4. The number of hydrogen-bond acceptors (Lipinski definition) is 2. The summed E-state index contributed by atoms with van der Waals surface area (Å²) < 4.78 is 0. The Morgan fingerprint density at radius 3 is 2.00 bits per heavy atom. The second-order valence-corrected chi connectivity index (χ2v) is 5.82. The molecule has 1 rings (SSSR count). The number of hydrogen-bond donors (Lipinski definition) is 1. The Labute approximate surface area is 134 Å². The van der Waals surface area contributed by atoms with Crippen molar-refractivity contribution < 1.29 is 9.59 Å². The summed E-state index contributed by atoms with van der Waals surface area (Å²) in [6.45, 7) is 2.97. The van der Waals surface area contributed by atoms with E-state index in [1.807, 2.05) is 0 Å². The topological polar surface area (TPSA) is 46.2 Å². The fourth-order valence-electron chi connectivity index (χ4n) is 2.45. The normalized spacial score (nSPS) is 10.4. The highest BCUT2D eigenvalue weighted by molar-refractivity contribution is 5.94. The van der Waals surface area contributed by atoms with Crippen LogP contribution in [0.2, 0.25) is 0 Å². The van der Waals surface area contributed by atoms with Gasteiger partial charge in [0.25, 0.3) is 5.91 Å². The van der Waals surface area contributed by atoms with Crippen LogP contribution in [0, 0.1) is 0 Å². The Bertz CT molecular complexity index is 426. The molecule has 122 valence electrons. The van der Waals surface area contributed by atoms with Gasteiger partial charge in [-0.2, -0.15) is 0 Å². The molecule has 0 fully saturated rings. The van der Waals surface area contributed by atoms with E-state index in [2.05, 4.69) is 12.2 Å². The van der Waals surface area contributed by atoms with Crippen LogP contribution in [-0.4, -0.2) is 18.7 Å². The molecular weight excluding hydrogens is 274 g/mol. The molecule has 0 saturated heterocycles. The van der Waals surface area contributed by atoms with Crippen molar-refractivity contribution in [2.45, 2.75) is 64.7 Å². The quantitative estimate of drug-likeness (QED) is 0.447. The maximum absolute atomic E-state index is 11.9. The maximum Gasteiger partial charge on any atom is 0.251 e. The van der Waals surface area contributed by atoms with E-state index < -0.39 is 0 Å². The predicted octanol–water partition coefficient (Wildman–Crippen LogP) is 4.76. The molecule has 0 aliphatic heterocycles. The molecule has 0 spiro atoms. The summed E-state index contributed by atoms with van der Waals surface area (Å²) >= 11 is 0. The van der Waals surface area contributed by atoms with E-state index in [4.69, 9.17) is 0 Å². The molecule has 0 heterocycles. The van der Waals surface area contributed by atoms with Gasteiger partial charge in [-0.15, -0.1) is 0 Å². The van der Waals surface area contributed by atoms with Crippen molar-refractivity contribution in [3.63, 3.8) is 0 Å². The average Bonchev–Trinajstić information content (AvgIpc) is 2.56. The van der Waals surface area contributed by atoms with Gasteiger partial charge in [0, 0.05) is 17.7 Å². The number of aldehydes is 1. The molecule has 0 saturated carbocycles. The van der Waals surface area contributed by atoms with E-state index >= 15 is 0 Å². The van der Waals surface area contributed by atoms with E-state index in [1.54, 1.807) is 24.3 Å². The van der Waals surface area contributed by atoms with Gasteiger partial charge in [-0.3, -0.25) is 9.59 Å². The first-order valence-corrected chi connectivity index (χ1v) is 8.61. The summed E-state index contributed by atoms with van der Waals surface area (Å²) in [5.41, 5.74) is 1.21. The largest absolute Gasteiger partial charge is 0.352 e. The molecule has 0 aliphatic rings. The van der Waals surface area contributed by atoms with Crippen molar-refractivity contribution in [1.82, 2.24) is 5.32 Å². The van der Waals surface area contributed by atoms with Crippen LogP contribution in [0.4, 0.5) is 0 Å². The highest BCUT2D eigenvalue weighted by atomic mass is 16.1. The molecule has 0 aliphatic carbocycles. The number of amides is 1. The zero-order valence-electron chi connectivity index (χ0n) is 13.8. The lowest BCUT2D eigenvalue weighted by Crippen LogP contribution is -2.24. The number of carbonyl (C=O) groups is 2. The van der Waals surface area contributed by atoms with Crippen LogP contribution in [0.5, 0.6) is 0 Å². The van der Waals surface area contributed by atoms with E-state index in [1.165, 1.54) is 51.4 Å². The van der Waals surface area contributed by atoms with Crippen LogP contribution in [0.15, 0.2) is 24.3 Å². The van der Waals surface area contributed by atoms with Crippen LogP contribution in [0.25, 0.3) is 0 Å². The van der Waals surface area contributed by atoms with E-state index in [-0.39, 0.29) is 5.91 Å². The Morgan fingerprint density at radius 2 is 1.45 bits per heavy atom. The third-order valence-electron chi connectivity index (χ3n) is 3.87. The molecule has 3 nitrogen and oxygen atoms in total. The summed E-state index contributed by atoms with van der Waals surface area (Å²) in [5, 5.41) is 2.93. The van der Waals surface area contributed by atoms with Crippen molar-refractivity contribution in [2.24, 2.45) is 0 Å². The number of unbranched alkanes of at least 4 members (excludes halogenated alkanes) is 8. The van der Waals surface area contributed by atoms with Crippen LogP contribution >= 0.6 is 0 Å². The van der Waals surface area contributed by atoms with E-state index in [0.29, 0.717) is 11.1 Å². The van der Waals surface area contributed by atoms with Crippen molar-refractivity contribution in [1.29, 1.82) is 0 Å². The van der Waals surface area contributed by atoms with Crippen LogP contribution in [0.3, 0.4) is 0 Å². The fourth-order valence-corrected chi connectivity index (χ4v) is 2.45. The first-order chi connectivity index (χ1) is 10.8. The standard InChI is InChI=1S/C19H29NO2/c1-2-3-4-5-6-7-8-9-10-15-20-19(22)18-13-11-17(16-21)12-14-18/h11-14,16H,2-10,15H2,1H3,(H,20,22). The number of rotatable bonds is 12. The van der Waals surface area contributed by atoms with Gasteiger partial charge in [0.05, 0.1) is 0 Å². The van der Waals surface area contributed by atoms with Gasteiger partial charge < -0.3 is 5.32 Å². The van der Waals surface area contributed by atoms with E-state index in [9.17, 15) is 9.59 Å². The van der Waals surface area contributed by atoms with Crippen molar-refractivity contribution in [3.05, 3.63) is 35.4 Å². The zero-order valence-corrected chi connectivity index (χ0v) is 13.8. The van der Waals surface area contributed by atoms with Crippen molar-refractivity contribution in [3.8, 4) is 0 Å². The molecule has 3 heteroatoms. The molecular formula is C19H29NO2. The summed E-state index contributed by atoms with van der Waals surface area (Å²) in [5.74, 6) is -0.0583. The van der Waals surface area contributed by atoms with Gasteiger partial charge in [-0.05, 0) is 18.6 Å². The second kappa shape index (κ2) is 12.0. The first-order valence-electron chi connectivity index (χ1n) is 8.61. The van der Waals surface area contributed by atoms with Gasteiger partial charge in [-0.1, -0.05) is 70.4 Å². The Morgan fingerprint density at radius 1 is 0.909 bits per heavy atom. The number of carbonyl (C=O) groups excluding carboxylic acids is 2. The Hall–Kier alpha value is -1.64. The third kappa shape index (κ3) is 7.96. The van der Waals surface area contributed by atoms with Gasteiger partial charge in [-0.25, -0.2) is 0 Å². The number of benzene rings is 1. The average molecular weight is 303 g/mol. The molecule has 0 radical (unpaired) electrons. The fraction of sp³-hybridized carbons (Fsp3) is 0.579. The van der Waals surface area contributed by atoms with E-state index in [0.717, 1.165) is 19.3 Å². The number of nitrogens with one attached hydrogen (secondary N) is 1. The summed E-state index contributed by atoms with van der Waals surface area (Å²) in [6, 6.07) is 6.71.